The average Bonchev–Trinajstić information content (AvgIpc) is 2.46. The monoisotopic (exact) mass is 333 g/mol. The summed E-state index contributed by atoms with van der Waals surface area (Å²) >= 11 is 0. The number of phenols is 1. The van der Waals surface area contributed by atoms with Gasteiger partial charge < -0.3 is 16.7 Å². The van der Waals surface area contributed by atoms with Gasteiger partial charge in [0, 0.05) is 0 Å². The van der Waals surface area contributed by atoms with Crippen LogP contribution >= 0.6 is 0 Å². The molecular weight excluding hydrogens is 322 g/mol. The first-order valence-corrected chi connectivity index (χ1v) is 5.16. The second kappa shape index (κ2) is 7.85. The van der Waals surface area contributed by atoms with E-state index in [1.54, 1.807) is 0 Å². The van der Waals surface area contributed by atoms with Crippen molar-refractivity contribution < 1.29 is 19.9 Å². The molecular formula is C7H11N9O7. The fourth-order valence-corrected chi connectivity index (χ4v) is 1.04. The number of nitro groups is 3. The molecule has 0 aliphatic rings. The zero-order chi connectivity index (χ0) is 18.3. The second-order valence-corrected chi connectivity index (χ2v) is 3.50. The summed E-state index contributed by atoms with van der Waals surface area (Å²) < 4.78 is 0. The molecule has 1 aromatic rings. The fourth-order valence-electron chi connectivity index (χ4n) is 1.04. The van der Waals surface area contributed by atoms with Gasteiger partial charge in [-0.1, -0.05) is 0 Å². The van der Waals surface area contributed by atoms with Crippen LogP contribution in [-0.4, -0.2) is 31.0 Å². The first-order chi connectivity index (χ1) is 10.5. The molecule has 0 aliphatic carbocycles. The highest BCUT2D eigenvalue weighted by Crippen LogP contribution is 2.38. The van der Waals surface area contributed by atoms with Crippen LogP contribution in [0.4, 0.5) is 17.1 Å². The van der Waals surface area contributed by atoms with Gasteiger partial charge in [0.15, 0.2) is 0 Å². The predicted octanol–water partition coefficient (Wildman–Crippen LogP) is -1.66. The molecule has 0 spiro atoms. The van der Waals surface area contributed by atoms with Crippen molar-refractivity contribution in [1.29, 1.82) is 0 Å². The third kappa shape index (κ3) is 5.24. The van der Waals surface area contributed by atoms with E-state index in [0.29, 0.717) is 17.3 Å². The summed E-state index contributed by atoms with van der Waals surface area (Å²) in [6.45, 7) is 0. The highest BCUT2D eigenvalue weighted by Gasteiger charge is 2.30. The van der Waals surface area contributed by atoms with E-state index in [1.807, 2.05) is 0 Å². The van der Waals surface area contributed by atoms with Crippen molar-refractivity contribution in [3.05, 3.63) is 42.5 Å². The van der Waals surface area contributed by atoms with Crippen molar-refractivity contribution in [3.8, 4) is 5.75 Å². The minimum absolute atomic E-state index is 0.111. The van der Waals surface area contributed by atoms with Crippen molar-refractivity contribution in [2.45, 2.75) is 0 Å². The molecule has 1 aromatic carbocycles. The topological polar surface area (TPSA) is 269 Å². The third-order valence-electron chi connectivity index (χ3n) is 2.06. The Morgan fingerprint density at radius 2 is 1.43 bits per heavy atom. The molecule has 1 rings (SSSR count). The number of nitro benzene ring substituents is 3. The molecule has 126 valence electrons. The van der Waals surface area contributed by atoms with Gasteiger partial charge in [-0.3, -0.25) is 30.3 Å². The molecule has 0 unspecified atom stereocenters. The maximum absolute atomic E-state index is 10.4. The maximum atomic E-state index is 10.4. The highest BCUT2D eigenvalue weighted by molar-refractivity contribution is 5.76. The molecule has 9 N–H and O–H groups in total. The molecule has 0 amide bonds. The van der Waals surface area contributed by atoms with Gasteiger partial charge in [0.2, 0.25) is 5.96 Å². The number of hydrazine groups is 2. The Bertz CT molecular complexity index is 623. The number of benzene rings is 1. The predicted molar refractivity (Wildman–Crippen MR) is 74.1 cm³/mol. The van der Waals surface area contributed by atoms with Gasteiger partial charge >= 0.3 is 11.4 Å². The number of hydrazone groups is 1. The van der Waals surface area contributed by atoms with E-state index in [0.717, 1.165) is 0 Å². The number of non-ortho nitro benzene ring substituents is 1. The van der Waals surface area contributed by atoms with Crippen molar-refractivity contribution >= 4 is 23.0 Å². The van der Waals surface area contributed by atoms with Crippen LogP contribution in [0.1, 0.15) is 0 Å². The zero-order valence-corrected chi connectivity index (χ0v) is 11.1. The molecule has 0 atom stereocenters. The number of guanidine groups is 1. The summed E-state index contributed by atoms with van der Waals surface area (Å²) in [4.78, 5) is 27.8. The molecule has 0 heterocycles. The lowest BCUT2D eigenvalue weighted by atomic mass is 10.2. The Morgan fingerprint density at radius 3 is 1.61 bits per heavy atom. The smallest absolute Gasteiger partial charge is 0.324 e. The first-order valence-electron chi connectivity index (χ1n) is 5.16. The second-order valence-electron chi connectivity index (χ2n) is 3.50. The Labute approximate surface area is 125 Å². The summed E-state index contributed by atoms with van der Waals surface area (Å²) in [5.74, 6) is 13.0. The van der Waals surface area contributed by atoms with Crippen LogP contribution in [0.2, 0.25) is 0 Å². The number of nitrogens with zero attached hydrogens (tertiary/aromatic N) is 5. The number of rotatable bonds is 3. The Balaban J connectivity index is 0.000000585. The number of nitrogens with two attached hydrogens (primary N) is 4. The molecule has 0 fully saturated rings. The van der Waals surface area contributed by atoms with Gasteiger partial charge in [-0.15, -0.1) is 5.10 Å². The van der Waals surface area contributed by atoms with Crippen LogP contribution < -0.4 is 23.3 Å². The summed E-state index contributed by atoms with van der Waals surface area (Å²) in [6.07, 6.45) is 0. The third-order valence-corrected chi connectivity index (χ3v) is 2.06. The summed E-state index contributed by atoms with van der Waals surface area (Å²) in [5.41, 5.74) is 1.91. The van der Waals surface area contributed by atoms with Crippen molar-refractivity contribution in [2.24, 2.45) is 28.4 Å². The van der Waals surface area contributed by atoms with Crippen molar-refractivity contribution in [2.75, 3.05) is 0 Å². The normalized spacial score (nSPS) is 10.3. The number of phenolic OH excluding ortho intramolecular Hbond substituents is 1. The molecule has 23 heavy (non-hydrogen) atoms. The lowest BCUT2D eigenvalue weighted by Gasteiger charge is -2.06. The van der Waals surface area contributed by atoms with Crippen LogP contribution in [-0.2, 0) is 0 Å². The molecule has 0 saturated carbocycles. The van der Waals surface area contributed by atoms with Crippen molar-refractivity contribution in [1.82, 2.24) is 5.12 Å². The molecule has 0 radical (unpaired) electrons. The van der Waals surface area contributed by atoms with Crippen molar-refractivity contribution in [3.63, 3.8) is 0 Å². The van der Waals surface area contributed by atoms with Gasteiger partial charge in [0.25, 0.3) is 11.4 Å². The Kier molecular flexibility index (Phi) is 6.56. The standard InChI is InChI=1S/C6H3N3O7.CH8N6/c10-6-4(8(13)14)1-3(7(11)12)2-5(6)9(15)16;2-1(6-3)7(4)5/h1-2,10H;3-5H2,(H2,2,6). The summed E-state index contributed by atoms with van der Waals surface area (Å²) in [5, 5.41) is 43.8. The minimum Gasteiger partial charge on any atom is -0.497 e. The maximum Gasteiger partial charge on any atom is 0.324 e. The van der Waals surface area contributed by atoms with Gasteiger partial charge in [-0.25, -0.2) is 16.8 Å². The lowest BCUT2D eigenvalue weighted by molar-refractivity contribution is -0.404. The molecule has 0 aliphatic heterocycles. The highest BCUT2D eigenvalue weighted by atomic mass is 16.6. The van der Waals surface area contributed by atoms with E-state index < -0.39 is 37.6 Å². The minimum atomic E-state index is -1.21. The van der Waals surface area contributed by atoms with Crippen LogP contribution in [0.15, 0.2) is 17.2 Å². The van der Waals surface area contributed by atoms with Gasteiger partial charge in [-0.05, 0) is 0 Å². The van der Waals surface area contributed by atoms with E-state index >= 15 is 0 Å². The molecule has 0 bridgehead atoms. The number of hydrogen-bond donors (Lipinski definition) is 5. The van der Waals surface area contributed by atoms with Crippen LogP contribution in [0, 0.1) is 30.3 Å². The number of hydrogen-bond acceptors (Lipinski definition) is 11. The average molecular weight is 333 g/mol. The van der Waals surface area contributed by atoms with Gasteiger partial charge in [-0.2, -0.15) is 0 Å². The number of aromatic hydroxyl groups is 1. The van der Waals surface area contributed by atoms with Gasteiger partial charge in [0.1, 0.15) is 0 Å². The summed E-state index contributed by atoms with van der Waals surface area (Å²) in [6, 6.07) is 0.894. The summed E-state index contributed by atoms with van der Waals surface area (Å²) in [7, 11) is 0. The molecule has 0 saturated heterocycles. The SMILES string of the molecule is N/N=C(\N)N(N)N.O=[N+]([O-])c1cc([N+](=O)[O-])c(O)c([N+](=O)[O-])c1. The fraction of sp³-hybridized carbons (Fsp3) is 0. The lowest BCUT2D eigenvalue weighted by Crippen LogP contribution is -2.48. The van der Waals surface area contributed by atoms with E-state index in [9.17, 15) is 30.3 Å². The van der Waals surface area contributed by atoms with Crippen LogP contribution in [0.25, 0.3) is 0 Å². The molecule has 0 aromatic heterocycles. The quantitative estimate of drug-likeness (QED) is 0.137. The zero-order valence-electron chi connectivity index (χ0n) is 11.1. The van der Waals surface area contributed by atoms with E-state index in [-0.39, 0.29) is 5.96 Å². The van der Waals surface area contributed by atoms with E-state index in [4.69, 9.17) is 22.5 Å². The molecule has 16 heteroatoms. The largest absolute Gasteiger partial charge is 0.497 e. The van der Waals surface area contributed by atoms with Gasteiger partial charge in [0.05, 0.1) is 26.9 Å². The molecule has 16 nitrogen and oxygen atoms in total. The Morgan fingerprint density at radius 1 is 1.04 bits per heavy atom. The first kappa shape index (κ1) is 19.2. The van der Waals surface area contributed by atoms with E-state index in [1.165, 1.54) is 0 Å². The Hall–Kier alpha value is -3.79. The van der Waals surface area contributed by atoms with E-state index in [2.05, 4.69) is 10.9 Å². The van der Waals surface area contributed by atoms with Crippen LogP contribution in [0.5, 0.6) is 5.75 Å². The van der Waals surface area contributed by atoms with Crippen LogP contribution in [0.3, 0.4) is 0 Å².